The lowest BCUT2D eigenvalue weighted by atomic mass is 9.94. The van der Waals surface area contributed by atoms with E-state index in [2.05, 4.69) is 18.5 Å². The topological polar surface area (TPSA) is 105 Å². The molecule has 2 aromatic carbocycles. The van der Waals surface area contributed by atoms with E-state index < -0.39 is 24.0 Å². The first-order valence-electron chi connectivity index (χ1n) is 15.1. The van der Waals surface area contributed by atoms with Crippen LogP contribution in [0.3, 0.4) is 0 Å². The predicted octanol–water partition coefficient (Wildman–Crippen LogP) is 4.79. The molecule has 1 saturated heterocycles. The lowest BCUT2D eigenvalue weighted by molar-refractivity contribution is -0.158. The molecular formula is C35H46N2O6. The van der Waals surface area contributed by atoms with E-state index in [-0.39, 0.29) is 43.5 Å². The van der Waals surface area contributed by atoms with Crippen LogP contribution >= 0.6 is 0 Å². The van der Waals surface area contributed by atoms with E-state index in [1.807, 2.05) is 60.7 Å². The van der Waals surface area contributed by atoms with Crippen LogP contribution in [0.15, 0.2) is 86.0 Å². The first-order valence-corrected chi connectivity index (χ1v) is 15.1. The molecule has 3 rings (SSSR count). The normalized spacial score (nSPS) is 17.3. The Labute approximate surface area is 255 Å². The second kappa shape index (κ2) is 18.0. The molecule has 0 saturated carbocycles. The lowest BCUT2D eigenvalue weighted by Crippen LogP contribution is -2.47. The fourth-order valence-electron chi connectivity index (χ4n) is 5.62. The van der Waals surface area contributed by atoms with Gasteiger partial charge in [-0.2, -0.15) is 0 Å². The molecule has 2 N–H and O–H groups in total. The molecular weight excluding hydrogens is 544 g/mol. The third-order valence-electron chi connectivity index (χ3n) is 7.94. The van der Waals surface area contributed by atoms with Gasteiger partial charge in [-0.3, -0.25) is 14.4 Å². The van der Waals surface area contributed by atoms with Gasteiger partial charge in [-0.05, 0) is 49.7 Å². The largest absolute Gasteiger partial charge is 0.455 e. The summed E-state index contributed by atoms with van der Waals surface area (Å²) in [6.07, 6.45) is 6.21. The fourth-order valence-corrected chi connectivity index (χ4v) is 5.62. The van der Waals surface area contributed by atoms with Gasteiger partial charge in [0.25, 0.3) is 0 Å². The summed E-state index contributed by atoms with van der Waals surface area (Å²) in [5.41, 5.74) is 1.75. The van der Waals surface area contributed by atoms with Gasteiger partial charge in [0.05, 0.1) is 37.1 Å². The van der Waals surface area contributed by atoms with E-state index in [4.69, 9.17) is 9.47 Å². The number of likely N-dealkylation sites (tertiary alicyclic amines) is 1. The van der Waals surface area contributed by atoms with Crippen LogP contribution in [0, 0.1) is 11.8 Å². The van der Waals surface area contributed by atoms with Gasteiger partial charge in [-0.15, -0.1) is 13.2 Å². The molecule has 0 spiro atoms. The van der Waals surface area contributed by atoms with Crippen LogP contribution in [0.5, 0.6) is 0 Å². The zero-order valence-electron chi connectivity index (χ0n) is 25.2. The number of hydrogen-bond donors (Lipinski definition) is 2. The van der Waals surface area contributed by atoms with Gasteiger partial charge in [-0.25, -0.2) is 0 Å². The Morgan fingerprint density at radius 1 is 1.05 bits per heavy atom. The Balaban J connectivity index is 1.82. The van der Waals surface area contributed by atoms with Crippen LogP contribution in [-0.4, -0.2) is 66.7 Å². The quantitative estimate of drug-likeness (QED) is 0.191. The summed E-state index contributed by atoms with van der Waals surface area (Å²) in [6.45, 7) is 8.17. The molecule has 1 fully saturated rings. The molecule has 0 aliphatic carbocycles. The number of allylic oxidation sites excluding steroid dienone is 2. The van der Waals surface area contributed by atoms with Gasteiger partial charge >= 0.3 is 5.97 Å². The molecule has 8 nitrogen and oxygen atoms in total. The Morgan fingerprint density at radius 3 is 2.37 bits per heavy atom. The van der Waals surface area contributed by atoms with Crippen molar-refractivity contribution in [1.82, 2.24) is 10.2 Å². The summed E-state index contributed by atoms with van der Waals surface area (Å²) in [6, 6.07) is 18.2. The minimum atomic E-state index is -0.822. The summed E-state index contributed by atoms with van der Waals surface area (Å²) >= 11 is 0. The van der Waals surface area contributed by atoms with Crippen molar-refractivity contribution in [3.8, 4) is 0 Å². The second-order valence-electron chi connectivity index (χ2n) is 11.1. The number of ether oxygens (including phenoxy) is 2. The number of carbonyl (C=O) groups excluding carboxylic acids is 3. The van der Waals surface area contributed by atoms with Crippen molar-refractivity contribution in [2.75, 3.05) is 26.9 Å². The smallest absolute Gasteiger partial charge is 0.309 e. The number of benzene rings is 2. The van der Waals surface area contributed by atoms with Crippen LogP contribution in [0.2, 0.25) is 0 Å². The maximum Gasteiger partial charge on any atom is 0.309 e. The minimum Gasteiger partial charge on any atom is -0.455 e. The van der Waals surface area contributed by atoms with Crippen LogP contribution in [0.1, 0.15) is 55.8 Å². The van der Waals surface area contributed by atoms with Crippen LogP contribution in [-0.2, 0) is 30.3 Å². The highest BCUT2D eigenvalue weighted by molar-refractivity contribution is 5.86. The van der Waals surface area contributed by atoms with Gasteiger partial charge in [0.15, 0.2) is 0 Å². The highest BCUT2D eigenvalue weighted by Gasteiger charge is 2.35. The molecule has 0 radical (unpaired) electrons. The van der Waals surface area contributed by atoms with Crippen molar-refractivity contribution < 1.29 is 29.0 Å². The van der Waals surface area contributed by atoms with E-state index in [1.54, 1.807) is 17.1 Å². The summed E-state index contributed by atoms with van der Waals surface area (Å²) in [5.74, 6) is -1.96. The summed E-state index contributed by atoms with van der Waals surface area (Å²) < 4.78 is 11.7. The number of aliphatic hydroxyl groups is 1. The molecule has 2 amide bonds. The second-order valence-corrected chi connectivity index (χ2v) is 11.1. The predicted molar refractivity (Wildman–Crippen MR) is 167 cm³/mol. The number of nitrogens with one attached hydrogen (secondary N) is 1. The summed E-state index contributed by atoms with van der Waals surface area (Å²) in [5, 5.41) is 12.7. The molecule has 1 aliphatic rings. The molecule has 232 valence electrons. The van der Waals surface area contributed by atoms with E-state index >= 15 is 0 Å². The highest BCUT2D eigenvalue weighted by Crippen LogP contribution is 2.27. The maximum atomic E-state index is 13.7. The lowest BCUT2D eigenvalue weighted by Gasteiger charge is -2.31. The van der Waals surface area contributed by atoms with Gasteiger partial charge in [0.2, 0.25) is 11.8 Å². The average Bonchev–Trinajstić information content (AvgIpc) is 3.51. The van der Waals surface area contributed by atoms with E-state index in [0.717, 1.165) is 24.0 Å². The van der Waals surface area contributed by atoms with Crippen molar-refractivity contribution in [3.05, 3.63) is 97.1 Å². The average molecular weight is 591 g/mol. The Hall–Kier alpha value is -3.75. The molecule has 1 heterocycles. The van der Waals surface area contributed by atoms with Crippen molar-refractivity contribution in [2.24, 2.45) is 11.8 Å². The van der Waals surface area contributed by atoms with Crippen molar-refractivity contribution in [2.45, 2.75) is 63.1 Å². The number of methoxy groups -OCH3 is 1. The van der Waals surface area contributed by atoms with Gasteiger partial charge in [-0.1, -0.05) is 72.8 Å². The number of aliphatic hydroxyl groups excluding tert-OH is 1. The molecule has 0 aromatic heterocycles. The SMILES string of the molecule is C=CCC[C@H](Cc1ccccc1)C(=O)O[C@@H](c1ccccc1)[C@H](COC)NC(=O)[C@H](CC=C)CC(=O)N1CCC[C@H]1CO. The van der Waals surface area contributed by atoms with Crippen molar-refractivity contribution in [3.63, 3.8) is 0 Å². The third kappa shape index (κ3) is 10.2. The molecule has 1 aliphatic heterocycles. The number of carbonyl (C=O) groups is 3. The molecule has 8 heteroatoms. The van der Waals surface area contributed by atoms with Crippen LogP contribution in [0.25, 0.3) is 0 Å². The molecule has 5 atom stereocenters. The van der Waals surface area contributed by atoms with Gasteiger partial charge in [0.1, 0.15) is 6.10 Å². The number of hydrogen-bond acceptors (Lipinski definition) is 6. The zero-order chi connectivity index (χ0) is 31.0. The van der Waals surface area contributed by atoms with E-state index in [1.165, 1.54) is 7.11 Å². The van der Waals surface area contributed by atoms with Crippen LogP contribution in [0.4, 0.5) is 0 Å². The van der Waals surface area contributed by atoms with Crippen molar-refractivity contribution >= 4 is 17.8 Å². The highest BCUT2D eigenvalue weighted by atomic mass is 16.5. The summed E-state index contributed by atoms with van der Waals surface area (Å²) in [7, 11) is 1.53. The number of esters is 1. The van der Waals surface area contributed by atoms with Gasteiger partial charge in [0, 0.05) is 20.1 Å². The molecule has 43 heavy (non-hydrogen) atoms. The first-order chi connectivity index (χ1) is 20.9. The van der Waals surface area contributed by atoms with E-state index in [0.29, 0.717) is 32.2 Å². The monoisotopic (exact) mass is 590 g/mol. The molecule has 0 bridgehead atoms. The Morgan fingerprint density at radius 2 is 1.74 bits per heavy atom. The maximum absolute atomic E-state index is 13.7. The number of nitrogens with zero attached hydrogens (tertiary/aromatic N) is 1. The Bertz CT molecular complexity index is 1170. The Kier molecular flexibility index (Phi) is 14.2. The zero-order valence-corrected chi connectivity index (χ0v) is 25.2. The number of rotatable bonds is 18. The standard InChI is InChI=1S/C35H46N2O6/c1-4-6-17-29(22-26-15-9-7-10-16-26)35(41)43-33(27-18-11-8-12-19-27)31(25-42-3)36-34(40)28(14-5-2)23-32(39)37-21-13-20-30(37)24-38/h4-5,7-12,15-16,18-19,28-31,33,38H,1-2,6,13-14,17,20-25H2,3H3,(H,36,40)/t28-,29-,30+,31+,33+/m1/s1. The first kappa shape index (κ1) is 33.7. The van der Waals surface area contributed by atoms with Gasteiger partial charge < -0.3 is 24.8 Å². The third-order valence-corrected chi connectivity index (χ3v) is 7.94. The minimum absolute atomic E-state index is 0.00938. The molecule has 2 aromatic rings. The summed E-state index contributed by atoms with van der Waals surface area (Å²) in [4.78, 5) is 42.2. The fraction of sp³-hybridized carbons (Fsp3) is 0.457. The molecule has 0 unspecified atom stereocenters. The van der Waals surface area contributed by atoms with Crippen LogP contribution < -0.4 is 5.32 Å². The van der Waals surface area contributed by atoms with Crippen molar-refractivity contribution in [1.29, 1.82) is 0 Å². The number of amides is 2. The van der Waals surface area contributed by atoms with E-state index in [9.17, 15) is 19.5 Å².